The lowest BCUT2D eigenvalue weighted by molar-refractivity contribution is -0.139. The molecule has 0 bridgehead atoms. The van der Waals surface area contributed by atoms with Gasteiger partial charge in [0.15, 0.2) is 0 Å². The number of hydrogen-bond donors (Lipinski definition) is 2. The van der Waals surface area contributed by atoms with Crippen LogP contribution in [0.3, 0.4) is 0 Å². The molecule has 0 spiro atoms. The number of nitrogens with one attached hydrogen (secondary N) is 1. The van der Waals surface area contributed by atoms with Crippen LogP contribution in [0.2, 0.25) is 0 Å². The van der Waals surface area contributed by atoms with Gasteiger partial charge in [0.25, 0.3) is 0 Å². The van der Waals surface area contributed by atoms with E-state index in [0.717, 1.165) is 29.7 Å². The van der Waals surface area contributed by atoms with Crippen molar-refractivity contribution in [1.82, 2.24) is 5.32 Å². The van der Waals surface area contributed by atoms with Crippen LogP contribution >= 0.6 is 12.4 Å². The van der Waals surface area contributed by atoms with Crippen LogP contribution in [0.1, 0.15) is 17.9 Å². The number of halogens is 1. The minimum atomic E-state index is -0.795. The lowest BCUT2D eigenvalue weighted by Gasteiger charge is -2.25. The Labute approximate surface area is 142 Å². The smallest absolute Gasteiger partial charge is 0.312 e. The number of carboxylic acid groups (broad SMARTS) is 1. The third-order valence-corrected chi connectivity index (χ3v) is 4.04. The van der Waals surface area contributed by atoms with E-state index in [4.69, 9.17) is 0 Å². The summed E-state index contributed by atoms with van der Waals surface area (Å²) in [4.78, 5) is 11.7. The van der Waals surface area contributed by atoms with E-state index in [2.05, 4.69) is 23.5 Å². The summed E-state index contributed by atoms with van der Waals surface area (Å²) in [5, 5.41) is 12.9. The van der Waals surface area contributed by atoms with E-state index in [0.29, 0.717) is 0 Å². The fourth-order valence-electron chi connectivity index (χ4n) is 2.89. The maximum Gasteiger partial charge on any atom is 0.312 e. The zero-order chi connectivity index (χ0) is 15.4. The molecule has 3 nitrogen and oxygen atoms in total. The SMILES string of the molecule is Cl.O=C(O)C(c1ccc(-c2ccccc2)cc1)C1C=CCCN1. The van der Waals surface area contributed by atoms with Crippen molar-refractivity contribution in [2.24, 2.45) is 0 Å². The summed E-state index contributed by atoms with van der Waals surface area (Å²) in [7, 11) is 0. The van der Waals surface area contributed by atoms with E-state index in [1.807, 2.05) is 48.5 Å². The first-order chi connectivity index (χ1) is 10.8. The van der Waals surface area contributed by atoms with Gasteiger partial charge < -0.3 is 10.4 Å². The second-order valence-electron chi connectivity index (χ2n) is 5.50. The third kappa shape index (κ3) is 4.01. The molecule has 2 N–H and O–H groups in total. The standard InChI is InChI=1S/C19H19NO2.ClH/c21-19(22)18(17-8-4-5-13-20-17)16-11-9-15(10-12-16)14-6-2-1-3-7-14;/h1-4,6-12,17-18,20H,5,13H2,(H,21,22);1H. The molecule has 2 aromatic carbocycles. The van der Waals surface area contributed by atoms with Gasteiger partial charge in [0.2, 0.25) is 0 Å². The number of hydrogen-bond acceptors (Lipinski definition) is 2. The summed E-state index contributed by atoms with van der Waals surface area (Å²) in [6, 6.07) is 17.8. The molecule has 1 aliphatic heterocycles. The zero-order valence-electron chi connectivity index (χ0n) is 12.7. The van der Waals surface area contributed by atoms with Crippen LogP contribution in [0.4, 0.5) is 0 Å². The molecule has 2 unspecified atom stereocenters. The number of carbonyl (C=O) groups is 1. The van der Waals surface area contributed by atoms with Crippen LogP contribution in [0.15, 0.2) is 66.7 Å². The molecule has 3 rings (SSSR count). The average molecular weight is 330 g/mol. The van der Waals surface area contributed by atoms with Gasteiger partial charge >= 0.3 is 5.97 Å². The highest BCUT2D eigenvalue weighted by atomic mass is 35.5. The lowest BCUT2D eigenvalue weighted by Crippen LogP contribution is -2.39. The van der Waals surface area contributed by atoms with E-state index >= 15 is 0 Å². The second-order valence-corrected chi connectivity index (χ2v) is 5.50. The molecule has 0 amide bonds. The molecule has 0 fully saturated rings. The fourth-order valence-corrected chi connectivity index (χ4v) is 2.89. The molecule has 23 heavy (non-hydrogen) atoms. The predicted octanol–water partition coefficient (Wildman–Crippen LogP) is 3.86. The molecule has 0 saturated carbocycles. The first-order valence-corrected chi connectivity index (χ1v) is 7.54. The minimum Gasteiger partial charge on any atom is -0.481 e. The molecule has 2 aromatic rings. The molecule has 120 valence electrons. The maximum atomic E-state index is 11.7. The second kappa shape index (κ2) is 7.95. The van der Waals surface area contributed by atoms with Crippen molar-refractivity contribution >= 4 is 18.4 Å². The van der Waals surface area contributed by atoms with Gasteiger partial charge in [-0.05, 0) is 29.7 Å². The Bertz CT molecular complexity index is 668. The Morgan fingerprint density at radius 3 is 2.26 bits per heavy atom. The maximum absolute atomic E-state index is 11.7. The first kappa shape index (κ1) is 17.3. The third-order valence-electron chi connectivity index (χ3n) is 4.04. The van der Waals surface area contributed by atoms with Gasteiger partial charge in [-0.3, -0.25) is 4.79 Å². The molecule has 0 aliphatic carbocycles. The molecule has 1 aliphatic rings. The highest BCUT2D eigenvalue weighted by molar-refractivity contribution is 5.85. The van der Waals surface area contributed by atoms with Crippen LogP contribution in [0.5, 0.6) is 0 Å². The van der Waals surface area contributed by atoms with Crippen molar-refractivity contribution in [3.05, 3.63) is 72.3 Å². The molecule has 4 heteroatoms. The first-order valence-electron chi connectivity index (χ1n) is 7.54. The van der Waals surface area contributed by atoms with Crippen LogP contribution in [0.25, 0.3) is 11.1 Å². The van der Waals surface area contributed by atoms with E-state index in [9.17, 15) is 9.90 Å². The summed E-state index contributed by atoms with van der Waals surface area (Å²) < 4.78 is 0. The van der Waals surface area contributed by atoms with Gasteiger partial charge in [-0.1, -0.05) is 66.7 Å². The van der Waals surface area contributed by atoms with E-state index in [1.165, 1.54) is 0 Å². The van der Waals surface area contributed by atoms with Gasteiger partial charge in [-0.25, -0.2) is 0 Å². The largest absolute Gasteiger partial charge is 0.481 e. The van der Waals surface area contributed by atoms with Gasteiger partial charge in [0.1, 0.15) is 5.92 Å². The monoisotopic (exact) mass is 329 g/mol. The van der Waals surface area contributed by atoms with E-state index < -0.39 is 11.9 Å². The normalized spacial score (nSPS) is 18.0. The number of aliphatic carboxylic acids is 1. The van der Waals surface area contributed by atoms with Crippen molar-refractivity contribution in [2.45, 2.75) is 18.4 Å². The minimum absolute atomic E-state index is 0. The van der Waals surface area contributed by atoms with E-state index in [-0.39, 0.29) is 18.4 Å². The van der Waals surface area contributed by atoms with Crippen molar-refractivity contribution < 1.29 is 9.90 Å². The van der Waals surface area contributed by atoms with Crippen LogP contribution in [-0.2, 0) is 4.79 Å². The summed E-state index contributed by atoms with van der Waals surface area (Å²) in [5.74, 6) is -1.35. The summed E-state index contributed by atoms with van der Waals surface area (Å²) >= 11 is 0. The summed E-state index contributed by atoms with van der Waals surface area (Å²) in [5.41, 5.74) is 3.06. The topological polar surface area (TPSA) is 49.3 Å². The summed E-state index contributed by atoms with van der Waals surface area (Å²) in [6.45, 7) is 0.826. The summed E-state index contributed by atoms with van der Waals surface area (Å²) in [6.07, 6.45) is 4.97. The molecule has 1 heterocycles. The Balaban J connectivity index is 0.00000192. The Morgan fingerprint density at radius 2 is 1.70 bits per heavy atom. The van der Waals surface area contributed by atoms with Gasteiger partial charge in [-0.2, -0.15) is 0 Å². The van der Waals surface area contributed by atoms with Crippen molar-refractivity contribution in [3.8, 4) is 11.1 Å². The van der Waals surface area contributed by atoms with Crippen molar-refractivity contribution in [2.75, 3.05) is 6.54 Å². The lowest BCUT2D eigenvalue weighted by atomic mass is 9.89. The highest BCUT2D eigenvalue weighted by Gasteiger charge is 2.28. The number of carboxylic acids is 1. The van der Waals surface area contributed by atoms with Crippen LogP contribution in [0, 0.1) is 0 Å². The number of benzene rings is 2. The quantitative estimate of drug-likeness (QED) is 0.837. The van der Waals surface area contributed by atoms with Crippen molar-refractivity contribution in [1.29, 1.82) is 0 Å². The average Bonchev–Trinajstić information content (AvgIpc) is 2.57. The predicted molar refractivity (Wildman–Crippen MR) is 95.1 cm³/mol. The van der Waals surface area contributed by atoms with Crippen LogP contribution in [-0.4, -0.2) is 23.7 Å². The number of rotatable bonds is 4. The van der Waals surface area contributed by atoms with Crippen LogP contribution < -0.4 is 5.32 Å². The van der Waals surface area contributed by atoms with Gasteiger partial charge in [-0.15, -0.1) is 12.4 Å². The molecule has 2 atom stereocenters. The van der Waals surface area contributed by atoms with Gasteiger partial charge in [0, 0.05) is 6.04 Å². The molecular formula is C19H20ClNO2. The Hall–Kier alpha value is -2.10. The Morgan fingerprint density at radius 1 is 1.04 bits per heavy atom. The Kier molecular flexibility index (Phi) is 5.97. The van der Waals surface area contributed by atoms with Crippen molar-refractivity contribution in [3.63, 3.8) is 0 Å². The fraction of sp³-hybridized carbons (Fsp3) is 0.211. The molecule has 0 aromatic heterocycles. The molecule has 0 radical (unpaired) electrons. The highest BCUT2D eigenvalue weighted by Crippen LogP contribution is 2.26. The molecule has 0 saturated heterocycles. The van der Waals surface area contributed by atoms with E-state index in [1.54, 1.807) is 0 Å². The molecular weight excluding hydrogens is 310 g/mol. The van der Waals surface area contributed by atoms with Gasteiger partial charge in [0.05, 0.1) is 0 Å². The zero-order valence-corrected chi connectivity index (χ0v) is 13.5.